The molecule has 124 valence electrons. The lowest BCUT2D eigenvalue weighted by atomic mass is 10.4. The van der Waals surface area contributed by atoms with Crippen molar-refractivity contribution in [1.82, 2.24) is 29.5 Å². The molecule has 0 aliphatic rings. The average Bonchev–Trinajstić information content (AvgIpc) is 3.22. The Kier molecular flexibility index (Phi) is 4.04. The summed E-state index contributed by atoms with van der Waals surface area (Å²) in [5.74, 6) is -0.873. The molecule has 3 aromatic rings. The number of hydrogen-bond acceptors (Lipinski definition) is 8. The van der Waals surface area contributed by atoms with Crippen LogP contribution in [-0.2, 0) is 6.67 Å². The molecule has 0 aliphatic heterocycles. The van der Waals surface area contributed by atoms with Gasteiger partial charge in [-0.05, 0) is 24.8 Å². The Morgan fingerprint density at radius 3 is 2.79 bits per heavy atom. The lowest BCUT2D eigenvalue weighted by molar-refractivity contribution is -0.394. The first-order chi connectivity index (χ1) is 11.4. The Labute approximate surface area is 139 Å². The summed E-state index contributed by atoms with van der Waals surface area (Å²) in [5.41, 5.74) is 1.07. The molecule has 3 heterocycles. The largest absolute Gasteiger partial charge is 0.491 e. The molecule has 1 N–H and O–H groups in total. The number of anilines is 1. The highest BCUT2D eigenvalue weighted by Crippen LogP contribution is 2.21. The minimum absolute atomic E-state index is 0.101. The second-order valence-corrected chi connectivity index (χ2v) is 6.04. The fourth-order valence-electron chi connectivity index (χ4n) is 1.83. The summed E-state index contributed by atoms with van der Waals surface area (Å²) >= 11 is 1.39. The van der Waals surface area contributed by atoms with Gasteiger partial charge in [-0.2, -0.15) is 9.78 Å². The van der Waals surface area contributed by atoms with Crippen LogP contribution < -0.4 is 5.32 Å². The molecule has 24 heavy (non-hydrogen) atoms. The maximum Gasteiger partial charge on any atom is 0.491 e. The number of hydrogen-bond donors (Lipinski definition) is 1. The maximum absolute atomic E-state index is 12.1. The van der Waals surface area contributed by atoms with Crippen molar-refractivity contribution in [2.75, 3.05) is 5.32 Å². The normalized spacial score (nSPS) is 10.8. The number of carbonyl (C=O) groups is 1. The van der Waals surface area contributed by atoms with E-state index in [9.17, 15) is 14.9 Å². The molecule has 0 radical (unpaired) electrons. The molecule has 12 heteroatoms. The summed E-state index contributed by atoms with van der Waals surface area (Å²) in [4.78, 5) is 30.8. The first-order valence-corrected chi connectivity index (χ1v) is 7.56. The van der Waals surface area contributed by atoms with E-state index in [2.05, 4.69) is 25.5 Å². The van der Waals surface area contributed by atoms with Crippen LogP contribution in [0.15, 0.2) is 18.6 Å². The zero-order valence-electron chi connectivity index (χ0n) is 12.7. The van der Waals surface area contributed by atoms with E-state index in [1.807, 2.05) is 13.8 Å². The summed E-state index contributed by atoms with van der Waals surface area (Å²) in [6.07, 6.45) is 2.79. The van der Waals surface area contributed by atoms with E-state index in [1.54, 1.807) is 6.20 Å². The van der Waals surface area contributed by atoms with Crippen LogP contribution in [0.2, 0.25) is 0 Å². The van der Waals surface area contributed by atoms with E-state index < -0.39 is 10.9 Å². The van der Waals surface area contributed by atoms with E-state index >= 15 is 0 Å². The van der Waals surface area contributed by atoms with Crippen LogP contribution in [0.5, 0.6) is 0 Å². The van der Waals surface area contributed by atoms with Crippen molar-refractivity contribution in [2.45, 2.75) is 20.5 Å². The van der Waals surface area contributed by atoms with E-state index in [4.69, 9.17) is 0 Å². The molecule has 0 saturated heterocycles. The van der Waals surface area contributed by atoms with Gasteiger partial charge in [-0.15, -0.1) is 11.3 Å². The van der Waals surface area contributed by atoms with Gasteiger partial charge in [0.15, 0.2) is 17.5 Å². The molecule has 1 amide bonds. The van der Waals surface area contributed by atoms with Gasteiger partial charge in [0.1, 0.15) is 0 Å². The fraction of sp³-hybridized carbons (Fsp3) is 0.250. The third-order valence-corrected chi connectivity index (χ3v) is 4.09. The molecule has 0 aromatic carbocycles. The van der Waals surface area contributed by atoms with Gasteiger partial charge >= 0.3 is 5.95 Å². The van der Waals surface area contributed by atoms with Crippen LogP contribution in [-0.4, -0.2) is 40.4 Å². The van der Waals surface area contributed by atoms with Crippen molar-refractivity contribution < 1.29 is 9.72 Å². The highest BCUT2D eigenvalue weighted by Gasteiger charge is 2.15. The second-order valence-electron chi connectivity index (χ2n) is 4.84. The molecule has 0 bridgehead atoms. The third-order valence-electron chi connectivity index (χ3n) is 3.10. The summed E-state index contributed by atoms with van der Waals surface area (Å²) in [6.45, 7) is 3.89. The lowest BCUT2D eigenvalue weighted by Gasteiger charge is -1.99. The standard InChI is InChI=1S/C12H12N8O3S/c1-7-8(2)24-12(14-7)15-10(21)9-3-4-18(16-9)6-19-5-13-11(17-19)20(22)23/h3-5H,6H2,1-2H3,(H,14,15,21). The van der Waals surface area contributed by atoms with Crippen molar-refractivity contribution in [3.8, 4) is 0 Å². The van der Waals surface area contributed by atoms with Crippen LogP contribution in [0.1, 0.15) is 21.1 Å². The maximum atomic E-state index is 12.1. The van der Waals surface area contributed by atoms with Crippen molar-refractivity contribution in [2.24, 2.45) is 0 Å². The minimum Gasteiger partial charge on any atom is -0.390 e. The molecule has 3 rings (SSSR count). The average molecular weight is 348 g/mol. The van der Waals surface area contributed by atoms with E-state index in [-0.39, 0.29) is 18.3 Å². The summed E-state index contributed by atoms with van der Waals surface area (Å²) in [6, 6.07) is 1.54. The molecule has 0 fully saturated rings. The first kappa shape index (κ1) is 15.7. The number of aromatic nitrogens is 6. The highest BCUT2D eigenvalue weighted by atomic mass is 32.1. The van der Waals surface area contributed by atoms with Gasteiger partial charge in [0.05, 0.1) is 5.69 Å². The molecule has 0 saturated carbocycles. The van der Waals surface area contributed by atoms with Crippen LogP contribution in [0.3, 0.4) is 0 Å². The monoisotopic (exact) mass is 348 g/mol. The van der Waals surface area contributed by atoms with Crippen molar-refractivity contribution in [1.29, 1.82) is 0 Å². The SMILES string of the molecule is Cc1nc(NC(=O)c2ccn(Cn3cnc([N+](=O)[O-])n3)n2)sc1C. The van der Waals surface area contributed by atoms with Gasteiger partial charge in [-0.3, -0.25) is 10.1 Å². The van der Waals surface area contributed by atoms with Crippen LogP contribution in [0.25, 0.3) is 0 Å². The first-order valence-electron chi connectivity index (χ1n) is 6.75. The molecule has 0 unspecified atom stereocenters. The smallest absolute Gasteiger partial charge is 0.390 e. The predicted octanol–water partition coefficient (Wildman–Crippen LogP) is 1.21. The number of nitrogens with zero attached hydrogens (tertiary/aromatic N) is 7. The van der Waals surface area contributed by atoms with Crippen LogP contribution in [0.4, 0.5) is 11.1 Å². The zero-order chi connectivity index (χ0) is 17.3. The Morgan fingerprint density at radius 2 is 2.17 bits per heavy atom. The molecular weight excluding hydrogens is 336 g/mol. The van der Waals surface area contributed by atoms with Crippen LogP contribution in [0, 0.1) is 24.0 Å². The van der Waals surface area contributed by atoms with Crippen molar-refractivity contribution in [3.63, 3.8) is 0 Å². The molecular formula is C12H12N8O3S. The lowest BCUT2D eigenvalue weighted by Crippen LogP contribution is -2.15. The fourth-order valence-corrected chi connectivity index (χ4v) is 2.64. The quantitative estimate of drug-likeness (QED) is 0.541. The number of amides is 1. The number of nitrogens with one attached hydrogen (secondary N) is 1. The number of carbonyl (C=O) groups excluding carboxylic acids is 1. The van der Waals surface area contributed by atoms with Gasteiger partial charge in [0, 0.05) is 16.2 Å². The van der Waals surface area contributed by atoms with Crippen molar-refractivity contribution in [3.05, 3.63) is 45.0 Å². The molecule has 0 atom stereocenters. The Bertz CT molecular complexity index is 892. The van der Waals surface area contributed by atoms with E-state index in [0.29, 0.717) is 5.13 Å². The van der Waals surface area contributed by atoms with Gasteiger partial charge in [0.2, 0.25) is 6.33 Å². The third kappa shape index (κ3) is 3.27. The van der Waals surface area contributed by atoms with E-state index in [1.165, 1.54) is 33.1 Å². The number of nitro groups is 1. The topological polar surface area (TPSA) is 134 Å². The number of thiazole rings is 1. The minimum atomic E-state index is -0.684. The Balaban J connectivity index is 1.67. The number of rotatable bonds is 5. The zero-order valence-corrected chi connectivity index (χ0v) is 13.5. The summed E-state index contributed by atoms with van der Waals surface area (Å²) in [5, 5.41) is 21.5. The number of aryl methyl sites for hydroxylation is 2. The Hall–Kier alpha value is -3.15. The summed E-state index contributed by atoms with van der Waals surface area (Å²) in [7, 11) is 0. The summed E-state index contributed by atoms with van der Waals surface area (Å²) < 4.78 is 2.67. The molecule has 3 aromatic heterocycles. The molecule has 0 spiro atoms. The van der Waals surface area contributed by atoms with Crippen LogP contribution >= 0.6 is 11.3 Å². The van der Waals surface area contributed by atoms with Gasteiger partial charge < -0.3 is 10.1 Å². The van der Waals surface area contributed by atoms with Gasteiger partial charge in [-0.1, -0.05) is 4.98 Å². The molecule has 11 nitrogen and oxygen atoms in total. The highest BCUT2D eigenvalue weighted by molar-refractivity contribution is 7.15. The van der Waals surface area contributed by atoms with Crippen molar-refractivity contribution >= 4 is 28.3 Å². The molecule has 0 aliphatic carbocycles. The second kappa shape index (κ2) is 6.16. The van der Waals surface area contributed by atoms with Gasteiger partial charge in [-0.25, -0.2) is 9.67 Å². The van der Waals surface area contributed by atoms with E-state index in [0.717, 1.165) is 10.6 Å². The predicted molar refractivity (Wildman–Crippen MR) is 83.8 cm³/mol. The van der Waals surface area contributed by atoms with Gasteiger partial charge in [0.25, 0.3) is 5.91 Å². The Morgan fingerprint density at radius 1 is 1.38 bits per heavy atom.